The van der Waals surface area contributed by atoms with Crippen LogP contribution in [0.5, 0.6) is 0 Å². The van der Waals surface area contributed by atoms with Crippen molar-refractivity contribution in [1.29, 1.82) is 0 Å². The number of hydrogen-bond donors (Lipinski definition) is 1. The van der Waals surface area contributed by atoms with Crippen LogP contribution in [0.4, 0.5) is 19.1 Å². The van der Waals surface area contributed by atoms with Gasteiger partial charge >= 0.3 is 12.1 Å². The minimum Gasteiger partial charge on any atom is -0.390 e. The van der Waals surface area contributed by atoms with Crippen molar-refractivity contribution in [3.63, 3.8) is 0 Å². The highest BCUT2D eigenvalue weighted by Crippen LogP contribution is 2.29. The largest absolute Gasteiger partial charge is 0.490 e. The van der Waals surface area contributed by atoms with E-state index < -0.39 is 22.6 Å². The maximum absolute atomic E-state index is 12.6. The molecule has 2 rings (SSSR count). The van der Waals surface area contributed by atoms with Gasteiger partial charge in [0.2, 0.25) is 6.33 Å². The molecule has 130 valence electrons. The Labute approximate surface area is 135 Å². The van der Waals surface area contributed by atoms with Gasteiger partial charge in [0, 0.05) is 5.10 Å². The first kappa shape index (κ1) is 17.9. The molecule has 0 amide bonds. The average Bonchev–Trinajstić information content (AvgIpc) is 2.99. The quantitative estimate of drug-likeness (QED) is 0.452. The van der Waals surface area contributed by atoms with Gasteiger partial charge in [0.25, 0.3) is 0 Å². The van der Waals surface area contributed by atoms with Crippen LogP contribution in [-0.4, -0.2) is 32.8 Å². The molecule has 1 heterocycles. The summed E-state index contributed by atoms with van der Waals surface area (Å²) in [5.74, 6) is -0.437. The number of aryl methyl sites for hydroxylation is 1. The van der Waals surface area contributed by atoms with E-state index in [0.29, 0.717) is 38.0 Å². The molecule has 7 nitrogen and oxygen atoms in total. The number of aromatic nitrogens is 3. The molecule has 1 N–H and O–H groups in total. The fourth-order valence-electron chi connectivity index (χ4n) is 2.10. The normalized spacial score (nSPS) is 11.6. The molecule has 0 aliphatic carbocycles. The Balaban J connectivity index is 1.67. The highest BCUT2D eigenvalue weighted by molar-refractivity contribution is 5.25. The van der Waals surface area contributed by atoms with Gasteiger partial charge in [-0.1, -0.05) is 23.2 Å². The second-order valence-electron chi connectivity index (χ2n) is 5.12. The SMILES string of the molecule is O=[N+]([O-])c1ncn(CCCNCCc2cccc(C(F)(F)F)c2)n1. The molecule has 0 bridgehead atoms. The van der Waals surface area contributed by atoms with Gasteiger partial charge < -0.3 is 15.4 Å². The summed E-state index contributed by atoms with van der Waals surface area (Å²) in [5, 5.41) is 17.2. The van der Waals surface area contributed by atoms with Crippen molar-refractivity contribution in [2.24, 2.45) is 0 Å². The zero-order chi connectivity index (χ0) is 17.6. The van der Waals surface area contributed by atoms with Crippen molar-refractivity contribution in [2.75, 3.05) is 13.1 Å². The summed E-state index contributed by atoms with van der Waals surface area (Å²) < 4.78 is 39.2. The van der Waals surface area contributed by atoms with E-state index in [1.165, 1.54) is 17.1 Å². The van der Waals surface area contributed by atoms with Crippen LogP contribution >= 0.6 is 0 Å². The fraction of sp³-hybridized carbons (Fsp3) is 0.429. The Morgan fingerprint density at radius 3 is 2.75 bits per heavy atom. The first-order valence-electron chi connectivity index (χ1n) is 7.27. The molecular formula is C14H16F3N5O2. The standard InChI is InChI=1S/C14H16F3N5O2/c15-14(16,17)12-4-1-3-11(9-12)5-7-18-6-2-8-21-10-19-13(20-21)22(23)24/h1,3-4,9-10,18H,2,5-8H2. The molecule has 0 atom stereocenters. The Kier molecular flexibility index (Phi) is 5.85. The molecule has 0 aliphatic heterocycles. The average molecular weight is 343 g/mol. The van der Waals surface area contributed by atoms with E-state index in [1.807, 2.05) is 0 Å². The van der Waals surface area contributed by atoms with Crippen LogP contribution in [0.1, 0.15) is 17.5 Å². The predicted octanol–water partition coefficient (Wildman–Crippen LogP) is 2.43. The summed E-state index contributed by atoms with van der Waals surface area (Å²) in [4.78, 5) is 13.3. The highest BCUT2D eigenvalue weighted by Gasteiger charge is 2.30. The van der Waals surface area contributed by atoms with Gasteiger partial charge in [-0.05, 0) is 42.5 Å². The van der Waals surface area contributed by atoms with Crippen molar-refractivity contribution < 1.29 is 18.1 Å². The molecule has 2 aromatic rings. The number of hydrogen-bond acceptors (Lipinski definition) is 5. The van der Waals surface area contributed by atoms with E-state index in [9.17, 15) is 23.3 Å². The summed E-state index contributed by atoms with van der Waals surface area (Å²) in [7, 11) is 0. The highest BCUT2D eigenvalue weighted by atomic mass is 19.4. The van der Waals surface area contributed by atoms with Crippen LogP contribution in [0.3, 0.4) is 0 Å². The van der Waals surface area contributed by atoms with E-state index >= 15 is 0 Å². The van der Waals surface area contributed by atoms with Crippen LogP contribution < -0.4 is 5.32 Å². The smallest absolute Gasteiger partial charge is 0.390 e. The van der Waals surface area contributed by atoms with Crippen LogP contribution in [-0.2, 0) is 19.1 Å². The van der Waals surface area contributed by atoms with Gasteiger partial charge in [0.05, 0.1) is 12.1 Å². The van der Waals surface area contributed by atoms with Gasteiger partial charge in [-0.15, -0.1) is 0 Å². The fourth-order valence-corrected chi connectivity index (χ4v) is 2.10. The second kappa shape index (κ2) is 7.86. The molecular weight excluding hydrogens is 327 g/mol. The topological polar surface area (TPSA) is 85.9 Å². The number of benzene rings is 1. The second-order valence-corrected chi connectivity index (χ2v) is 5.12. The molecule has 1 aromatic carbocycles. The van der Waals surface area contributed by atoms with E-state index in [1.54, 1.807) is 6.07 Å². The lowest BCUT2D eigenvalue weighted by atomic mass is 10.1. The van der Waals surface area contributed by atoms with Gasteiger partial charge in [0.15, 0.2) is 0 Å². The molecule has 0 fully saturated rings. The van der Waals surface area contributed by atoms with E-state index in [4.69, 9.17) is 0 Å². The maximum Gasteiger partial charge on any atom is 0.490 e. The number of nitro groups is 1. The number of alkyl halides is 3. The lowest BCUT2D eigenvalue weighted by Crippen LogP contribution is -2.20. The van der Waals surface area contributed by atoms with Crippen LogP contribution in [0.25, 0.3) is 0 Å². The molecule has 0 spiro atoms. The van der Waals surface area contributed by atoms with E-state index in [-0.39, 0.29) is 0 Å². The number of nitrogens with zero attached hydrogens (tertiary/aromatic N) is 4. The van der Waals surface area contributed by atoms with Gasteiger partial charge in [0.1, 0.15) is 0 Å². The Hall–Kier alpha value is -2.49. The monoisotopic (exact) mass is 343 g/mol. The van der Waals surface area contributed by atoms with Crippen LogP contribution in [0.2, 0.25) is 0 Å². The number of halogens is 3. The first-order chi connectivity index (χ1) is 11.4. The van der Waals surface area contributed by atoms with Crippen molar-refractivity contribution in [2.45, 2.75) is 25.6 Å². The molecule has 0 saturated carbocycles. The summed E-state index contributed by atoms with van der Waals surface area (Å²) in [5.41, 5.74) is -0.0306. The Morgan fingerprint density at radius 1 is 1.29 bits per heavy atom. The molecule has 0 unspecified atom stereocenters. The predicted molar refractivity (Wildman–Crippen MR) is 79.3 cm³/mol. The Morgan fingerprint density at radius 2 is 2.08 bits per heavy atom. The molecule has 24 heavy (non-hydrogen) atoms. The van der Waals surface area contributed by atoms with E-state index in [0.717, 1.165) is 12.1 Å². The molecule has 0 aliphatic rings. The summed E-state index contributed by atoms with van der Waals surface area (Å²) in [6.07, 6.45) is -1.88. The summed E-state index contributed by atoms with van der Waals surface area (Å²) in [6.45, 7) is 1.63. The van der Waals surface area contributed by atoms with Crippen molar-refractivity contribution >= 4 is 5.95 Å². The molecule has 0 saturated heterocycles. The Bertz CT molecular complexity index is 687. The maximum atomic E-state index is 12.6. The first-order valence-corrected chi connectivity index (χ1v) is 7.27. The molecule has 10 heteroatoms. The van der Waals surface area contributed by atoms with Crippen molar-refractivity contribution in [3.8, 4) is 0 Å². The third-order valence-corrected chi connectivity index (χ3v) is 3.27. The summed E-state index contributed by atoms with van der Waals surface area (Å²) >= 11 is 0. The number of rotatable bonds is 8. The van der Waals surface area contributed by atoms with Crippen molar-refractivity contribution in [1.82, 2.24) is 20.1 Å². The third-order valence-electron chi connectivity index (χ3n) is 3.27. The van der Waals surface area contributed by atoms with Crippen LogP contribution in [0.15, 0.2) is 30.6 Å². The van der Waals surface area contributed by atoms with Gasteiger partial charge in [-0.3, -0.25) is 0 Å². The third kappa shape index (κ3) is 5.30. The minimum absolute atomic E-state index is 0.437. The zero-order valence-corrected chi connectivity index (χ0v) is 12.7. The van der Waals surface area contributed by atoms with Crippen LogP contribution in [0, 0.1) is 10.1 Å². The van der Waals surface area contributed by atoms with E-state index in [2.05, 4.69) is 15.4 Å². The molecule has 0 radical (unpaired) electrons. The zero-order valence-electron chi connectivity index (χ0n) is 12.7. The molecule has 1 aromatic heterocycles. The number of nitrogens with one attached hydrogen (secondary N) is 1. The van der Waals surface area contributed by atoms with Gasteiger partial charge in [-0.2, -0.15) is 17.9 Å². The lowest BCUT2D eigenvalue weighted by molar-refractivity contribution is -0.394. The summed E-state index contributed by atoms with van der Waals surface area (Å²) in [6, 6.07) is 5.26. The minimum atomic E-state index is -4.33. The lowest BCUT2D eigenvalue weighted by Gasteiger charge is -2.09. The van der Waals surface area contributed by atoms with Crippen molar-refractivity contribution in [3.05, 3.63) is 51.8 Å². The van der Waals surface area contributed by atoms with Gasteiger partial charge in [-0.25, -0.2) is 0 Å².